The average Bonchev–Trinajstić information content (AvgIpc) is 3.19. The summed E-state index contributed by atoms with van der Waals surface area (Å²) in [6.07, 6.45) is 0. The average molecular weight is 413 g/mol. The molecule has 0 spiro atoms. The fourth-order valence-electron chi connectivity index (χ4n) is 5.09. The molecule has 3 aromatic carbocycles. The minimum absolute atomic E-state index is 0.111. The highest BCUT2D eigenvalue weighted by molar-refractivity contribution is 8.16. The number of nitrogens with zero attached hydrogens (tertiary/aromatic N) is 2. The third-order valence-corrected chi connectivity index (χ3v) is 7.65. The van der Waals surface area contributed by atoms with Gasteiger partial charge in [-0.15, -0.1) is 0 Å². The zero-order chi connectivity index (χ0) is 20.5. The normalized spacial score (nSPS) is 23.8. The molecule has 3 aliphatic rings. The van der Waals surface area contributed by atoms with Crippen LogP contribution in [0.2, 0.25) is 0 Å². The van der Waals surface area contributed by atoms with Gasteiger partial charge in [-0.3, -0.25) is 4.99 Å². The maximum absolute atomic E-state index is 6.32. The van der Waals surface area contributed by atoms with E-state index in [2.05, 4.69) is 91.7 Å². The summed E-state index contributed by atoms with van der Waals surface area (Å²) in [6, 6.07) is 21.8. The van der Waals surface area contributed by atoms with E-state index < -0.39 is 0 Å². The van der Waals surface area contributed by atoms with E-state index in [9.17, 15) is 0 Å². The van der Waals surface area contributed by atoms with Crippen LogP contribution in [-0.4, -0.2) is 22.2 Å². The van der Waals surface area contributed by atoms with Crippen molar-refractivity contribution in [2.24, 2.45) is 10.9 Å². The highest BCUT2D eigenvalue weighted by Crippen LogP contribution is 2.54. The summed E-state index contributed by atoms with van der Waals surface area (Å²) in [5, 5.41) is 5.86. The maximum Gasteiger partial charge on any atom is 0.169 e. The molecule has 4 heteroatoms. The van der Waals surface area contributed by atoms with Crippen molar-refractivity contribution >= 4 is 33.4 Å². The maximum atomic E-state index is 6.32. The minimum Gasteiger partial charge on any atom is -0.493 e. The molecule has 0 N–H and O–H groups in total. The topological polar surface area (TPSA) is 24.8 Å². The van der Waals surface area contributed by atoms with Crippen LogP contribution in [-0.2, 0) is 0 Å². The molecule has 3 nitrogen and oxygen atoms in total. The predicted octanol–water partition coefficient (Wildman–Crippen LogP) is 6.39. The third kappa shape index (κ3) is 2.50. The van der Waals surface area contributed by atoms with Crippen molar-refractivity contribution in [3.63, 3.8) is 0 Å². The number of hydrogen-bond acceptors (Lipinski definition) is 4. The molecule has 0 aromatic heterocycles. The van der Waals surface area contributed by atoms with E-state index in [1.54, 1.807) is 11.8 Å². The number of ether oxygens (including phenoxy) is 1. The van der Waals surface area contributed by atoms with E-state index >= 15 is 0 Å². The summed E-state index contributed by atoms with van der Waals surface area (Å²) in [7, 11) is 0. The summed E-state index contributed by atoms with van der Waals surface area (Å²) < 4.78 is 6.32. The zero-order valence-electron chi connectivity index (χ0n) is 17.4. The first-order valence-corrected chi connectivity index (χ1v) is 11.4. The Balaban J connectivity index is 1.50. The minimum atomic E-state index is -0.114. The van der Waals surface area contributed by atoms with Crippen LogP contribution >= 0.6 is 11.8 Å². The van der Waals surface area contributed by atoms with Crippen molar-refractivity contribution in [3.8, 4) is 5.75 Å². The number of thioether (sulfide) groups is 1. The quantitative estimate of drug-likeness (QED) is 0.463. The first kappa shape index (κ1) is 18.1. The molecule has 0 unspecified atom stereocenters. The molecule has 0 saturated heterocycles. The lowest BCUT2D eigenvalue weighted by atomic mass is 9.74. The van der Waals surface area contributed by atoms with E-state index in [0.717, 1.165) is 10.9 Å². The number of fused-ring (bicyclic) bond motifs is 6. The zero-order valence-corrected chi connectivity index (χ0v) is 18.2. The van der Waals surface area contributed by atoms with Crippen molar-refractivity contribution in [3.05, 3.63) is 82.8 Å². The fraction of sp³-hybridized carbons (Fsp3) is 0.269. The smallest absolute Gasteiger partial charge is 0.169 e. The van der Waals surface area contributed by atoms with Crippen molar-refractivity contribution in [1.82, 2.24) is 4.90 Å². The van der Waals surface area contributed by atoms with Gasteiger partial charge in [-0.05, 0) is 43.2 Å². The molecule has 2 atom stereocenters. The second-order valence-corrected chi connectivity index (χ2v) is 9.79. The lowest BCUT2D eigenvalue weighted by Gasteiger charge is -2.51. The van der Waals surface area contributed by atoms with Gasteiger partial charge in [-0.2, -0.15) is 0 Å². The predicted molar refractivity (Wildman–Crippen MR) is 126 cm³/mol. The van der Waals surface area contributed by atoms with Gasteiger partial charge in [0, 0.05) is 22.4 Å². The number of rotatable bonds is 1. The van der Waals surface area contributed by atoms with Gasteiger partial charge in [0.1, 0.15) is 5.75 Å². The summed E-state index contributed by atoms with van der Waals surface area (Å²) in [6.45, 7) is 7.49. The van der Waals surface area contributed by atoms with Crippen molar-refractivity contribution in [2.45, 2.75) is 32.4 Å². The molecule has 0 amide bonds. The van der Waals surface area contributed by atoms with Crippen molar-refractivity contribution in [1.29, 1.82) is 0 Å². The molecule has 150 valence electrons. The molecular weight excluding hydrogens is 388 g/mol. The summed E-state index contributed by atoms with van der Waals surface area (Å²) in [5.74, 6) is 1.25. The molecule has 6 rings (SSSR count). The van der Waals surface area contributed by atoms with E-state index in [1.165, 1.54) is 33.2 Å². The van der Waals surface area contributed by atoms with E-state index in [4.69, 9.17) is 9.73 Å². The van der Waals surface area contributed by atoms with Crippen LogP contribution in [0.4, 0.5) is 0 Å². The van der Waals surface area contributed by atoms with Crippen LogP contribution in [0.3, 0.4) is 0 Å². The number of aryl methyl sites for hydroxylation is 1. The highest BCUT2D eigenvalue weighted by atomic mass is 32.2. The van der Waals surface area contributed by atoms with Gasteiger partial charge in [0.25, 0.3) is 0 Å². The first-order valence-electron chi connectivity index (χ1n) is 10.5. The molecule has 0 saturated carbocycles. The van der Waals surface area contributed by atoms with Gasteiger partial charge < -0.3 is 9.64 Å². The largest absolute Gasteiger partial charge is 0.493 e. The van der Waals surface area contributed by atoms with Gasteiger partial charge in [0.2, 0.25) is 0 Å². The standard InChI is InChI=1S/C26H24N2OS/c1-16-8-10-18(11-9-16)21-15-30-25-27-24-20(26(2,3)28(21)25)14-29-22-13-12-17-6-4-5-7-19(17)23(22)24/h4-13,15,20,24H,14H2,1-3H3/t20-,24-/m0/s1. The third-order valence-electron chi connectivity index (χ3n) is 6.81. The Labute approximate surface area is 181 Å². The molecular formula is C26H24N2OS. The number of amidine groups is 1. The summed E-state index contributed by atoms with van der Waals surface area (Å²) in [5.41, 5.74) is 4.89. The Bertz CT molecular complexity index is 1230. The summed E-state index contributed by atoms with van der Waals surface area (Å²) >= 11 is 1.74. The first-order chi connectivity index (χ1) is 14.5. The lowest BCUT2D eigenvalue weighted by molar-refractivity contribution is 0.0754. The van der Waals surface area contributed by atoms with E-state index in [0.29, 0.717) is 6.61 Å². The second-order valence-electron chi connectivity index (χ2n) is 8.95. The lowest BCUT2D eigenvalue weighted by Crippen LogP contribution is -2.56. The molecule has 3 aliphatic heterocycles. The van der Waals surface area contributed by atoms with Gasteiger partial charge in [0.05, 0.1) is 18.3 Å². The van der Waals surface area contributed by atoms with Crippen LogP contribution in [0.15, 0.2) is 71.1 Å². The second kappa shape index (κ2) is 6.39. The Morgan fingerprint density at radius 3 is 2.67 bits per heavy atom. The van der Waals surface area contributed by atoms with Crippen LogP contribution in [0, 0.1) is 12.8 Å². The van der Waals surface area contributed by atoms with Gasteiger partial charge >= 0.3 is 0 Å². The molecule has 0 aliphatic carbocycles. The molecule has 30 heavy (non-hydrogen) atoms. The Kier molecular flexibility index (Phi) is 3.85. The molecule has 3 heterocycles. The van der Waals surface area contributed by atoms with Crippen molar-refractivity contribution in [2.75, 3.05) is 6.61 Å². The SMILES string of the molecule is Cc1ccc(C2=CSC3=N[C@@H]4c5c(ccc6ccccc56)OC[C@@H]4C(C)(C)N23)cc1. The molecule has 0 fully saturated rings. The highest BCUT2D eigenvalue weighted by Gasteiger charge is 2.51. The van der Waals surface area contributed by atoms with Gasteiger partial charge in [-0.1, -0.05) is 71.9 Å². The Morgan fingerprint density at radius 2 is 1.83 bits per heavy atom. The van der Waals surface area contributed by atoms with Gasteiger partial charge in [-0.25, -0.2) is 0 Å². The Hall–Kier alpha value is -2.72. The van der Waals surface area contributed by atoms with Crippen LogP contribution in [0.5, 0.6) is 5.75 Å². The van der Waals surface area contributed by atoms with Crippen molar-refractivity contribution < 1.29 is 4.74 Å². The molecule has 3 aromatic rings. The van der Waals surface area contributed by atoms with Gasteiger partial charge in [0.15, 0.2) is 5.17 Å². The molecule has 0 bridgehead atoms. The van der Waals surface area contributed by atoms with Crippen LogP contribution in [0.25, 0.3) is 16.5 Å². The molecule has 0 radical (unpaired) electrons. The number of benzene rings is 3. The number of aliphatic imine (C=N–C) groups is 1. The van der Waals surface area contributed by atoms with Crippen LogP contribution < -0.4 is 4.74 Å². The fourth-order valence-corrected chi connectivity index (χ4v) is 6.16. The van der Waals surface area contributed by atoms with E-state index in [1.807, 2.05) is 0 Å². The Morgan fingerprint density at radius 1 is 1.03 bits per heavy atom. The summed E-state index contributed by atoms with van der Waals surface area (Å²) in [4.78, 5) is 7.75. The van der Waals surface area contributed by atoms with E-state index in [-0.39, 0.29) is 17.5 Å². The monoisotopic (exact) mass is 412 g/mol. The number of hydrogen-bond donors (Lipinski definition) is 0. The van der Waals surface area contributed by atoms with Crippen LogP contribution in [0.1, 0.15) is 36.6 Å².